The molecule has 7 nitrogen and oxygen atoms in total. The second-order valence-corrected chi connectivity index (χ2v) is 6.86. The van der Waals surface area contributed by atoms with Crippen LogP contribution in [0.2, 0.25) is 5.02 Å². The van der Waals surface area contributed by atoms with E-state index in [4.69, 9.17) is 16.1 Å². The maximum Gasteiger partial charge on any atom is 0.246 e. The highest BCUT2D eigenvalue weighted by molar-refractivity contribution is 6.33. The van der Waals surface area contributed by atoms with Gasteiger partial charge in [0.15, 0.2) is 0 Å². The fourth-order valence-corrected chi connectivity index (χ4v) is 3.36. The third kappa shape index (κ3) is 3.75. The number of rotatable bonds is 5. The number of carbonyl (C=O) groups excluding carboxylic acids is 2. The van der Waals surface area contributed by atoms with Gasteiger partial charge in [-0.05, 0) is 12.1 Å². The Morgan fingerprint density at radius 3 is 2.71 bits per heavy atom. The molecule has 2 amide bonds. The molecule has 0 radical (unpaired) electrons. The third-order valence-corrected chi connectivity index (χ3v) is 4.87. The molecule has 1 unspecified atom stereocenters. The van der Waals surface area contributed by atoms with Gasteiger partial charge in [0.25, 0.3) is 0 Å². The zero-order chi connectivity index (χ0) is 19.5. The van der Waals surface area contributed by atoms with Gasteiger partial charge in [-0.15, -0.1) is 0 Å². The van der Waals surface area contributed by atoms with Gasteiger partial charge in [0.2, 0.25) is 23.5 Å². The summed E-state index contributed by atoms with van der Waals surface area (Å²) in [6.07, 6.45) is 0.135. The highest BCUT2D eigenvalue weighted by atomic mass is 35.5. The SMILES string of the molecule is O=C(NCc1nc(-c2ccccc2)no1)C1CC(=O)N(c2ccccc2Cl)C1. The molecule has 0 spiro atoms. The number of para-hydroxylation sites is 1. The molecule has 3 aromatic rings. The van der Waals surface area contributed by atoms with E-state index < -0.39 is 5.92 Å². The molecule has 142 valence electrons. The van der Waals surface area contributed by atoms with E-state index in [2.05, 4.69) is 15.5 Å². The number of nitrogens with one attached hydrogen (secondary N) is 1. The van der Waals surface area contributed by atoms with E-state index in [0.29, 0.717) is 22.4 Å². The second-order valence-electron chi connectivity index (χ2n) is 6.45. The minimum atomic E-state index is -0.458. The molecule has 1 fully saturated rings. The molecular weight excluding hydrogens is 380 g/mol. The van der Waals surface area contributed by atoms with Gasteiger partial charge in [-0.25, -0.2) is 0 Å². The summed E-state index contributed by atoms with van der Waals surface area (Å²) in [6.45, 7) is 0.392. The summed E-state index contributed by atoms with van der Waals surface area (Å²) in [6, 6.07) is 16.5. The van der Waals surface area contributed by atoms with E-state index in [1.54, 1.807) is 23.1 Å². The molecule has 1 N–H and O–H groups in total. The van der Waals surface area contributed by atoms with E-state index in [1.165, 1.54) is 0 Å². The average Bonchev–Trinajstić information content (AvgIpc) is 3.34. The summed E-state index contributed by atoms with van der Waals surface area (Å²) in [5, 5.41) is 7.17. The summed E-state index contributed by atoms with van der Waals surface area (Å²) < 4.78 is 5.19. The van der Waals surface area contributed by atoms with Gasteiger partial charge >= 0.3 is 0 Å². The predicted molar refractivity (Wildman–Crippen MR) is 103 cm³/mol. The number of halogens is 1. The Morgan fingerprint density at radius 1 is 1.18 bits per heavy atom. The standard InChI is InChI=1S/C20H17ClN4O3/c21-15-8-4-5-9-16(15)25-12-14(10-18(25)26)20(27)22-11-17-23-19(24-28-17)13-6-2-1-3-7-13/h1-9,14H,10-12H2,(H,22,27). The van der Waals surface area contributed by atoms with Crippen LogP contribution in [-0.4, -0.2) is 28.5 Å². The van der Waals surface area contributed by atoms with Crippen molar-refractivity contribution in [2.24, 2.45) is 5.92 Å². The van der Waals surface area contributed by atoms with Crippen LogP contribution in [0, 0.1) is 5.92 Å². The van der Waals surface area contributed by atoms with Gasteiger partial charge in [0, 0.05) is 18.5 Å². The number of anilines is 1. The van der Waals surface area contributed by atoms with Crippen molar-refractivity contribution in [2.45, 2.75) is 13.0 Å². The number of carbonyl (C=O) groups is 2. The fourth-order valence-electron chi connectivity index (χ4n) is 3.12. The maximum atomic E-state index is 12.5. The predicted octanol–water partition coefficient (Wildman–Crippen LogP) is 3.06. The Bertz CT molecular complexity index is 1010. The lowest BCUT2D eigenvalue weighted by molar-refractivity contribution is -0.126. The second kappa shape index (κ2) is 7.82. The lowest BCUT2D eigenvalue weighted by Gasteiger charge is -2.17. The van der Waals surface area contributed by atoms with Crippen molar-refractivity contribution >= 4 is 29.1 Å². The fraction of sp³-hybridized carbons (Fsp3) is 0.200. The smallest absolute Gasteiger partial charge is 0.246 e. The summed E-state index contributed by atoms with van der Waals surface area (Å²) in [7, 11) is 0. The molecule has 2 aromatic carbocycles. The van der Waals surface area contributed by atoms with Crippen LogP contribution in [0.4, 0.5) is 5.69 Å². The number of aromatic nitrogens is 2. The van der Waals surface area contributed by atoms with Gasteiger partial charge < -0.3 is 14.7 Å². The van der Waals surface area contributed by atoms with Crippen LogP contribution in [0.1, 0.15) is 12.3 Å². The van der Waals surface area contributed by atoms with E-state index in [9.17, 15) is 9.59 Å². The van der Waals surface area contributed by atoms with Crippen molar-refractivity contribution in [3.8, 4) is 11.4 Å². The van der Waals surface area contributed by atoms with E-state index in [0.717, 1.165) is 5.56 Å². The number of amides is 2. The number of hydrogen-bond donors (Lipinski definition) is 1. The average molecular weight is 397 g/mol. The zero-order valence-corrected chi connectivity index (χ0v) is 15.6. The topological polar surface area (TPSA) is 88.3 Å². The molecule has 1 aliphatic rings. The Balaban J connectivity index is 1.37. The van der Waals surface area contributed by atoms with Crippen LogP contribution in [0.3, 0.4) is 0 Å². The van der Waals surface area contributed by atoms with Gasteiger partial charge in [0.1, 0.15) is 0 Å². The van der Waals surface area contributed by atoms with Crippen molar-refractivity contribution in [3.05, 3.63) is 65.5 Å². The molecule has 1 saturated heterocycles. The Hall–Kier alpha value is -3.19. The first-order valence-corrected chi connectivity index (χ1v) is 9.20. The van der Waals surface area contributed by atoms with Crippen LogP contribution in [0.5, 0.6) is 0 Å². The minimum absolute atomic E-state index is 0.107. The van der Waals surface area contributed by atoms with Gasteiger partial charge in [-0.2, -0.15) is 4.98 Å². The van der Waals surface area contributed by atoms with Crippen molar-refractivity contribution < 1.29 is 14.1 Å². The minimum Gasteiger partial charge on any atom is -0.347 e. The first-order valence-electron chi connectivity index (χ1n) is 8.82. The first-order chi connectivity index (χ1) is 13.6. The zero-order valence-electron chi connectivity index (χ0n) is 14.8. The van der Waals surface area contributed by atoms with E-state index in [-0.39, 0.29) is 31.3 Å². The van der Waals surface area contributed by atoms with Gasteiger partial charge in [-0.1, -0.05) is 59.2 Å². The summed E-state index contributed by atoms with van der Waals surface area (Å²) in [5.41, 5.74) is 1.45. The largest absolute Gasteiger partial charge is 0.347 e. The number of benzene rings is 2. The van der Waals surface area contributed by atoms with Gasteiger partial charge in [0.05, 0.1) is 23.2 Å². The Kier molecular flexibility index (Phi) is 5.08. The van der Waals surface area contributed by atoms with Crippen molar-refractivity contribution in [2.75, 3.05) is 11.4 Å². The Morgan fingerprint density at radius 2 is 1.93 bits per heavy atom. The highest BCUT2D eigenvalue weighted by Gasteiger charge is 2.35. The molecule has 1 atom stereocenters. The summed E-state index contributed by atoms with van der Waals surface area (Å²) in [5.74, 6) is -0.0506. The summed E-state index contributed by atoms with van der Waals surface area (Å²) in [4.78, 5) is 30.6. The normalized spacial score (nSPS) is 16.4. The van der Waals surface area contributed by atoms with Crippen LogP contribution < -0.4 is 10.2 Å². The summed E-state index contributed by atoms with van der Waals surface area (Å²) >= 11 is 6.17. The van der Waals surface area contributed by atoms with Crippen LogP contribution in [-0.2, 0) is 16.1 Å². The van der Waals surface area contributed by atoms with E-state index in [1.807, 2.05) is 36.4 Å². The molecule has 28 heavy (non-hydrogen) atoms. The van der Waals surface area contributed by atoms with Crippen molar-refractivity contribution in [1.82, 2.24) is 15.5 Å². The quantitative estimate of drug-likeness (QED) is 0.716. The molecular formula is C20H17ClN4O3. The number of nitrogens with zero attached hydrogens (tertiary/aromatic N) is 3. The Labute approximate surface area is 166 Å². The van der Waals surface area contributed by atoms with Crippen LogP contribution in [0.15, 0.2) is 59.1 Å². The van der Waals surface area contributed by atoms with Crippen molar-refractivity contribution in [3.63, 3.8) is 0 Å². The third-order valence-electron chi connectivity index (χ3n) is 4.55. The van der Waals surface area contributed by atoms with Gasteiger partial charge in [-0.3, -0.25) is 9.59 Å². The van der Waals surface area contributed by atoms with E-state index >= 15 is 0 Å². The number of hydrogen-bond acceptors (Lipinski definition) is 5. The van der Waals surface area contributed by atoms with Crippen LogP contribution >= 0.6 is 11.6 Å². The maximum absolute atomic E-state index is 12.5. The van der Waals surface area contributed by atoms with Crippen LogP contribution in [0.25, 0.3) is 11.4 Å². The molecule has 8 heteroatoms. The molecule has 0 bridgehead atoms. The molecule has 1 aromatic heterocycles. The highest BCUT2D eigenvalue weighted by Crippen LogP contribution is 2.31. The molecule has 0 saturated carbocycles. The lowest BCUT2D eigenvalue weighted by Crippen LogP contribution is -2.32. The molecule has 1 aliphatic heterocycles. The first kappa shape index (κ1) is 18.2. The monoisotopic (exact) mass is 396 g/mol. The van der Waals surface area contributed by atoms with Crippen molar-refractivity contribution in [1.29, 1.82) is 0 Å². The molecule has 0 aliphatic carbocycles. The lowest BCUT2D eigenvalue weighted by atomic mass is 10.1. The molecule has 4 rings (SSSR count). The molecule has 2 heterocycles.